The first-order valence-corrected chi connectivity index (χ1v) is 8.22. The molecule has 130 valence electrons. The van der Waals surface area contributed by atoms with Gasteiger partial charge in [-0.15, -0.1) is 10.2 Å². The number of benzene rings is 2. The van der Waals surface area contributed by atoms with E-state index in [1.54, 1.807) is 13.0 Å². The number of rotatable bonds is 7. The van der Waals surface area contributed by atoms with Crippen LogP contribution in [0.4, 0.5) is 5.69 Å². The highest BCUT2D eigenvalue weighted by Gasteiger charge is 2.17. The molecular formula is C20H22N2O3. The molecule has 0 aromatic heterocycles. The summed E-state index contributed by atoms with van der Waals surface area (Å²) in [6.45, 7) is 3.81. The van der Waals surface area contributed by atoms with Gasteiger partial charge < -0.3 is 9.84 Å². The molecule has 0 fully saturated rings. The zero-order valence-electron chi connectivity index (χ0n) is 14.5. The number of azo groups is 1. The van der Waals surface area contributed by atoms with Crippen molar-refractivity contribution in [1.82, 2.24) is 0 Å². The van der Waals surface area contributed by atoms with E-state index in [4.69, 9.17) is 4.74 Å². The lowest BCUT2D eigenvalue weighted by atomic mass is 10.1. The quantitative estimate of drug-likeness (QED) is 0.332. The summed E-state index contributed by atoms with van der Waals surface area (Å²) in [4.78, 5) is 12.1. The number of ether oxygens (including phenoxy) is 1. The van der Waals surface area contributed by atoms with Crippen LogP contribution >= 0.6 is 0 Å². The van der Waals surface area contributed by atoms with Gasteiger partial charge in [0, 0.05) is 6.42 Å². The summed E-state index contributed by atoms with van der Waals surface area (Å²) in [5, 5.41) is 18.4. The minimum absolute atomic E-state index is 0.125. The van der Waals surface area contributed by atoms with Crippen molar-refractivity contribution in [3.05, 3.63) is 77.2 Å². The largest absolute Gasteiger partial charge is 0.510 e. The van der Waals surface area contributed by atoms with Crippen LogP contribution in [-0.4, -0.2) is 17.7 Å². The predicted octanol–water partition coefficient (Wildman–Crippen LogP) is 5.04. The van der Waals surface area contributed by atoms with Gasteiger partial charge in [0.1, 0.15) is 5.76 Å². The Balaban J connectivity index is 2.21. The Hall–Kier alpha value is -2.95. The summed E-state index contributed by atoms with van der Waals surface area (Å²) < 4.78 is 4.99. The molecule has 5 nitrogen and oxygen atoms in total. The molecule has 0 heterocycles. The molecule has 5 heteroatoms. The molecule has 25 heavy (non-hydrogen) atoms. The summed E-state index contributed by atoms with van der Waals surface area (Å²) in [7, 11) is 0. The first-order chi connectivity index (χ1) is 12.1. The lowest BCUT2D eigenvalue weighted by molar-refractivity contribution is -0.138. The van der Waals surface area contributed by atoms with Gasteiger partial charge in [-0.2, -0.15) is 0 Å². The van der Waals surface area contributed by atoms with Crippen LogP contribution in [-0.2, 0) is 16.0 Å². The third-order valence-electron chi connectivity index (χ3n) is 3.61. The summed E-state index contributed by atoms with van der Waals surface area (Å²) in [6.07, 6.45) is 0.875. The van der Waals surface area contributed by atoms with Gasteiger partial charge in [0.15, 0.2) is 0 Å². The molecule has 0 unspecified atom stereocenters. The van der Waals surface area contributed by atoms with Crippen molar-refractivity contribution in [2.24, 2.45) is 10.2 Å². The number of hydrogen-bond donors (Lipinski definition) is 1. The minimum Gasteiger partial charge on any atom is -0.510 e. The highest BCUT2D eigenvalue weighted by atomic mass is 16.5. The number of carbonyl (C=O) groups is 1. The normalized spacial score (nSPS) is 12.1. The number of aliphatic hydroxyl groups is 1. The van der Waals surface area contributed by atoms with Crippen molar-refractivity contribution in [3.63, 3.8) is 0 Å². The van der Waals surface area contributed by atoms with Crippen LogP contribution in [0, 0.1) is 6.92 Å². The highest BCUT2D eigenvalue weighted by Crippen LogP contribution is 2.21. The maximum absolute atomic E-state index is 12.1. The van der Waals surface area contributed by atoms with E-state index in [0.717, 1.165) is 11.1 Å². The fourth-order valence-corrected chi connectivity index (χ4v) is 2.22. The number of aryl methyl sites for hydroxylation is 2. The Labute approximate surface area is 147 Å². The Morgan fingerprint density at radius 2 is 1.76 bits per heavy atom. The monoisotopic (exact) mass is 338 g/mol. The SMILES string of the molecule is CCOC(=O)/C(N=Nc1ccccc1C)=C(/O)CCc1ccccc1. The summed E-state index contributed by atoms with van der Waals surface area (Å²) in [5.74, 6) is -0.801. The van der Waals surface area contributed by atoms with Gasteiger partial charge in [-0.3, -0.25) is 0 Å². The molecule has 0 aliphatic rings. The molecule has 2 rings (SSSR count). The fraction of sp³-hybridized carbons (Fsp3) is 0.250. The lowest BCUT2D eigenvalue weighted by Crippen LogP contribution is -2.09. The maximum atomic E-state index is 12.1. The average molecular weight is 338 g/mol. The Bertz CT molecular complexity index is 768. The van der Waals surface area contributed by atoms with E-state index in [1.807, 2.05) is 55.5 Å². The van der Waals surface area contributed by atoms with Gasteiger partial charge >= 0.3 is 5.97 Å². The molecule has 0 saturated heterocycles. The van der Waals surface area contributed by atoms with Crippen LogP contribution in [0.15, 0.2) is 76.3 Å². The molecule has 0 radical (unpaired) electrons. The number of allylic oxidation sites excluding steroid dienone is 1. The van der Waals surface area contributed by atoms with E-state index in [9.17, 15) is 9.90 Å². The molecule has 0 aliphatic heterocycles. The number of hydrogen-bond acceptors (Lipinski definition) is 5. The minimum atomic E-state index is -0.676. The van der Waals surface area contributed by atoms with Crippen molar-refractivity contribution >= 4 is 11.7 Å². The molecule has 0 atom stereocenters. The van der Waals surface area contributed by atoms with Crippen LogP contribution in [0.5, 0.6) is 0 Å². The average Bonchev–Trinajstić information content (AvgIpc) is 2.62. The fourth-order valence-electron chi connectivity index (χ4n) is 2.22. The zero-order valence-corrected chi connectivity index (χ0v) is 14.5. The molecular weight excluding hydrogens is 316 g/mol. The van der Waals surface area contributed by atoms with Gasteiger partial charge in [-0.1, -0.05) is 48.5 Å². The summed E-state index contributed by atoms with van der Waals surface area (Å²) >= 11 is 0. The standard InChI is InChI=1S/C20H22N2O3/c1-3-25-20(24)19(22-21-17-12-8-7-9-15(17)2)18(23)14-13-16-10-5-4-6-11-16/h4-12,23H,3,13-14H2,1-2H3/b19-18-,22-21?. The van der Waals surface area contributed by atoms with Crippen molar-refractivity contribution in [2.75, 3.05) is 6.61 Å². The highest BCUT2D eigenvalue weighted by molar-refractivity contribution is 5.88. The molecule has 0 aliphatic carbocycles. The first kappa shape index (κ1) is 18.4. The van der Waals surface area contributed by atoms with E-state index < -0.39 is 5.97 Å². The van der Waals surface area contributed by atoms with Crippen molar-refractivity contribution in [2.45, 2.75) is 26.7 Å². The Kier molecular flexibility index (Phi) is 6.89. The maximum Gasteiger partial charge on any atom is 0.362 e. The van der Waals surface area contributed by atoms with E-state index in [0.29, 0.717) is 12.1 Å². The smallest absolute Gasteiger partial charge is 0.362 e. The van der Waals surface area contributed by atoms with E-state index in [2.05, 4.69) is 10.2 Å². The molecule has 0 amide bonds. The van der Waals surface area contributed by atoms with Crippen LogP contribution in [0.2, 0.25) is 0 Å². The molecule has 2 aromatic carbocycles. The van der Waals surface area contributed by atoms with Crippen LogP contribution in [0.25, 0.3) is 0 Å². The summed E-state index contributed by atoms with van der Waals surface area (Å²) in [5.41, 5.74) is 2.48. The second-order valence-corrected chi connectivity index (χ2v) is 5.49. The molecule has 0 saturated carbocycles. The van der Waals surface area contributed by atoms with E-state index >= 15 is 0 Å². The van der Waals surface area contributed by atoms with Gasteiger partial charge in [0.2, 0.25) is 5.70 Å². The second kappa shape index (κ2) is 9.37. The topological polar surface area (TPSA) is 71.2 Å². The number of esters is 1. The zero-order chi connectivity index (χ0) is 18.1. The first-order valence-electron chi connectivity index (χ1n) is 8.22. The van der Waals surface area contributed by atoms with Gasteiger partial charge in [-0.25, -0.2) is 4.79 Å². The van der Waals surface area contributed by atoms with Crippen LogP contribution in [0.1, 0.15) is 24.5 Å². The third-order valence-corrected chi connectivity index (χ3v) is 3.61. The molecule has 2 aromatic rings. The predicted molar refractivity (Wildman–Crippen MR) is 96.7 cm³/mol. The summed E-state index contributed by atoms with van der Waals surface area (Å²) in [6, 6.07) is 17.1. The van der Waals surface area contributed by atoms with Crippen molar-refractivity contribution in [3.8, 4) is 0 Å². The van der Waals surface area contributed by atoms with E-state index in [1.165, 1.54) is 0 Å². The van der Waals surface area contributed by atoms with Crippen molar-refractivity contribution < 1.29 is 14.6 Å². The van der Waals surface area contributed by atoms with E-state index in [-0.39, 0.29) is 24.5 Å². The van der Waals surface area contributed by atoms with Gasteiger partial charge in [-0.05, 0) is 37.5 Å². The van der Waals surface area contributed by atoms with Crippen LogP contribution < -0.4 is 0 Å². The Morgan fingerprint density at radius 3 is 2.44 bits per heavy atom. The number of nitrogens with zero attached hydrogens (tertiary/aromatic N) is 2. The molecule has 1 N–H and O–H groups in total. The molecule has 0 spiro atoms. The Morgan fingerprint density at radius 1 is 1.08 bits per heavy atom. The van der Waals surface area contributed by atoms with Gasteiger partial charge in [0.05, 0.1) is 12.3 Å². The van der Waals surface area contributed by atoms with Crippen LogP contribution in [0.3, 0.4) is 0 Å². The number of aliphatic hydroxyl groups excluding tert-OH is 1. The lowest BCUT2D eigenvalue weighted by Gasteiger charge is -2.06. The van der Waals surface area contributed by atoms with Gasteiger partial charge in [0.25, 0.3) is 0 Å². The van der Waals surface area contributed by atoms with Crippen molar-refractivity contribution in [1.29, 1.82) is 0 Å². The third kappa shape index (κ3) is 5.57. The number of carbonyl (C=O) groups excluding carboxylic acids is 1. The second-order valence-electron chi connectivity index (χ2n) is 5.49. The molecule has 0 bridgehead atoms.